The zero-order chi connectivity index (χ0) is 20.0. The normalized spacial score (nSPS) is 14.1. The second-order valence-corrected chi connectivity index (χ2v) is 8.09. The molecular formula is C22H17N3O3S. The molecule has 0 saturated heterocycles. The number of H-pyrrole nitrogens is 1. The van der Waals surface area contributed by atoms with E-state index in [0.29, 0.717) is 27.3 Å². The van der Waals surface area contributed by atoms with Crippen LogP contribution in [0.5, 0.6) is 5.75 Å². The topological polar surface area (TPSA) is 91.9 Å². The molecule has 1 N–H and O–H groups in total. The van der Waals surface area contributed by atoms with Crippen LogP contribution in [-0.2, 0) is 12.8 Å². The number of aromatic amines is 1. The van der Waals surface area contributed by atoms with Crippen LogP contribution in [0.15, 0.2) is 33.5 Å². The minimum atomic E-state index is -0.183. The van der Waals surface area contributed by atoms with E-state index in [1.165, 1.54) is 4.88 Å². The number of furan rings is 1. The second-order valence-electron chi connectivity index (χ2n) is 7.00. The van der Waals surface area contributed by atoms with Crippen molar-refractivity contribution in [1.82, 2.24) is 9.97 Å². The number of nitriles is 1. The summed E-state index contributed by atoms with van der Waals surface area (Å²) in [5.41, 5.74) is 1.80. The van der Waals surface area contributed by atoms with Crippen molar-refractivity contribution in [2.24, 2.45) is 0 Å². The molecule has 1 aliphatic rings. The minimum Gasteiger partial charge on any atom is -0.493 e. The van der Waals surface area contributed by atoms with E-state index in [2.05, 4.69) is 16.0 Å². The number of rotatable bonds is 3. The Morgan fingerprint density at radius 1 is 1.38 bits per heavy atom. The molecule has 0 bridgehead atoms. The van der Waals surface area contributed by atoms with Gasteiger partial charge in [0.25, 0.3) is 5.56 Å². The summed E-state index contributed by atoms with van der Waals surface area (Å²) < 4.78 is 11.2. The van der Waals surface area contributed by atoms with Crippen LogP contribution < -0.4 is 10.3 Å². The Bertz CT molecular complexity index is 1380. The van der Waals surface area contributed by atoms with Crippen LogP contribution in [-0.4, -0.2) is 17.1 Å². The predicted molar refractivity (Wildman–Crippen MR) is 113 cm³/mol. The molecule has 7 heteroatoms. The summed E-state index contributed by atoms with van der Waals surface area (Å²) in [7, 11) is 1.58. The van der Waals surface area contributed by atoms with Crippen LogP contribution in [0.25, 0.3) is 32.8 Å². The van der Waals surface area contributed by atoms with Crippen LogP contribution in [0.2, 0.25) is 0 Å². The maximum Gasteiger partial charge on any atom is 0.260 e. The summed E-state index contributed by atoms with van der Waals surface area (Å²) in [6, 6.07) is 9.57. The Balaban J connectivity index is 1.63. The highest BCUT2D eigenvalue weighted by Crippen LogP contribution is 2.34. The van der Waals surface area contributed by atoms with Gasteiger partial charge in [0.2, 0.25) is 0 Å². The summed E-state index contributed by atoms with van der Waals surface area (Å²) in [6.07, 6.45) is 5.74. The quantitative estimate of drug-likeness (QED) is 0.501. The number of aryl methyl sites for hydroxylation is 2. The number of aromatic nitrogens is 2. The predicted octanol–water partition coefficient (Wildman–Crippen LogP) is 4.68. The molecule has 1 aliphatic carbocycles. The number of ether oxygens (including phenoxy) is 1. The number of benzene rings is 1. The highest BCUT2D eigenvalue weighted by molar-refractivity contribution is 7.18. The van der Waals surface area contributed by atoms with Crippen LogP contribution in [0.1, 0.15) is 34.9 Å². The van der Waals surface area contributed by atoms with Gasteiger partial charge in [0.1, 0.15) is 16.7 Å². The number of fused-ring (bicyclic) bond motifs is 4. The Hall–Kier alpha value is -3.37. The highest BCUT2D eigenvalue weighted by atomic mass is 32.1. The molecular weight excluding hydrogens is 386 g/mol. The average Bonchev–Trinajstić information content (AvgIpc) is 3.32. The highest BCUT2D eigenvalue weighted by Gasteiger charge is 2.20. The number of thiophene rings is 1. The number of hydrogen-bond acceptors (Lipinski definition) is 6. The van der Waals surface area contributed by atoms with Crippen LogP contribution in [0.3, 0.4) is 0 Å². The molecule has 144 valence electrons. The van der Waals surface area contributed by atoms with Gasteiger partial charge in [-0.1, -0.05) is 12.1 Å². The van der Waals surface area contributed by atoms with Crippen molar-refractivity contribution in [3.8, 4) is 11.8 Å². The van der Waals surface area contributed by atoms with E-state index >= 15 is 0 Å². The fourth-order valence-electron chi connectivity index (χ4n) is 3.88. The van der Waals surface area contributed by atoms with E-state index in [1.54, 1.807) is 24.5 Å². The van der Waals surface area contributed by atoms with Gasteiger partial charge in [-0.25, -0.2) is 4.98 Å². The molecule has 5 rings (SSSR count). The third-order valence-corrected chi connectivity index (χ3v) is 6.42. The summed E-state index contributed by atoms with van der Waals surface area (Å²) >= 11 is 1.56. The fourth-order valence-corrected chi connectivity index (χ4v) is 5.14. The number of hydrogen-bond donors (Lipinski definition) is 1. The van der Waals surface area contributed by atoms with Crippen molar-refractivity contribution < 1.29 is 9.15 Å². The first-order chi connectivity index (χ1) is 14.2. The monoisotopic (exact) mass is 403 g/mol. The molecule has 0 atom stereocenters. The van der Waals surface area contributed by atoms with Crippen molar-refractivity contribution in [2.75, 3.05) is 7.11 Å². The molecule has 1 aromatic carbocycles. The molecule has 0 spiro atoms. The zero-order valence-corrected chi connectivity index (χ0v) is 16.6. The third kappa shape index (κ3) is 2.93. The van der Waals surface area contributed by atoms with E-state index in [-0.39, 0.29) is 17.0 Å². The van der Waals surface area contributed by atoms with Gasteiger partial charge >= 0.3 is 0 Å². The molecule has 0 unspecified atom stereocenters. The molecule has 3 aromatic heterocycles. The second kappa shape index (κ2) is 6.90. The first-order valence-corrected chi connectivity index (χ1v) is 10.2. The maximum atomic E-state index is 12.8. The van der Waals surface area contributed by atoms with Crippen molar-refractivity contribution in [3.05, 3.63) is 56.6 Å². The van der Waals surface area contributed by atoms with Crippen LogP contribution in [0, 0.1) is 11.3 Å². The molecule has 0 fully saturated rings. The van der Waals surface area contributed by atoms with Gasteiger partial charge in [-0.3, -0.25) is 4.79 Å². The maximum absolute atomic E-state index is 12.8. The first kappa shape index (κ1) is 17.7. The van der Waals surface area contributed by atoms with Crippen LogP contribution >= 0.6 is 11.3 Å². The first-order valence-electron chi connectivity index (χ1n) is 9.41. The lowest BCUT2D eigenvalue weighted by Crippen LogP contribution is -2.12. The SMILES string of the molecule is COc1cccc2cc(C=C(C#N)c3nc4sc5c(c4c(=O)[nH]3)CCCC5)oc12. The van der Waals surface area contributed by atoms with Crippen molar-refractivity contribution in [1.29, 1.82) is 5.26 Å². The largest absolute Gasteiger partial charge is 0.493 e. The Morgan fingerprint density at radius 2 is 2.24 bits per heavy atom. The molecule has 0 radical (unpaired) electrons. The Morgan fingerprint density at radius 3 is 3.07 bits per heavy atom. The number of methoxy groups -OCH3 is 1. The lowest BCUT2D eigenvalue weighted by molar-refractivity contribution is 0.410. The van der Waals surface area contributed by atoms with Gasteiger partial charge in [0.05, 0.1) is 18.1 Å². The van der Waals surface area contributed by atoms with E-state index < -0.39 is 0 Å². The van der Waals surface area contributed by atoms with Crippen molar-refractivity contribution in [3.63, 3.8) is 0 Å². The Kier molecular flexibility index (Phi) is 4.22. The minimum absolute atomic E-state index is 0.183. The molecule has 0 saturated carbocycles. The molecule has 6 nitrogen and oxygen atoms in total. The average molecular weight is 403 g/mol. The molecule has 4 aromatic rings. The van der Waals surface area contributed by atoms with Gasteiger partial charge in [0.15, 0.2) is 17.2 Å². The molecule has 29 heavy (non-hydrogen) atoms. The number of para-hydroxylation sites is 1. The summed E-state index contributed by atoms with van der Waals surface area (Å²) in [5.74, 6) is 1.38. The summed E-state index contributed by atoms with van der Waals surface area (Å²) in [5, 5.41) is 11.2. The van der Waals surface area contributed by atoms with E-state index in [0.717, 1.165) is 36.6 Å². The van der Waals surface area contributed by atoms with Crippen molar-refractivity contribution >= 4 is 44.2 Å². The van der Waals surface area contributed by atoms with Crippen molar-refractivity contribution in [2.45, 2.75) is 25.7 Å². The number of nitrogens with zero attached hydrogens (tertiary/aromatic N) is 2. The molecule has 0 aliphatic heterocycles. The van der Waals surface area contributed by atoms with E-state index in [9.17, 15) is 10.1 Å². The number of allylic oxidation sites excluding steroid dienone is 1. The van der Waals surface area contributed by atoms with Gasteiger partial charge in [-0.2, -0.15) is 5.26 Å². The summed E-state index contributed by atoms with van der Waals surface area (Å²) in [6.45, 7) is 0. The number of nitrogens with one attached hydrogen (secondary N) is 1. The fraction of sp³-hybridized carbons (Fsp3) is 0.227. The lowest BCUT2D eigenvalue weighted by atomic mass is 9.97. The van der Waals surface area contributed by atoms with Gasteiger partial charge in [-0.05, 0) is 43.4 Å². The van der Waals surface area contributed by atoms with E-state index in [4.69, 9.17) is 9.15 Å². The Labute approximate surface area is 170 Å². The lowest BCUT2D eigenvalue weighted by Gasteiger charge is -2.09. The van der Waals surface area contributed by atoms with Gasteiger partial charge in [0, 0.05) is 16.3 Å². The standard InChI is InChI=1S/C22H17N3O3S/c1-27-16-7-4-5-12-9-14(28-19(12)16)10-13(11-23)20-24-21(26)18-15-6-2-3-8-17(15)29-22(18)25-20/h4-5,7,9-10H,2-3,6,8H2,1H3,(H,24,25,26). The zero-order valence-electron chi connectivity index (χ0n) is 15.7. The van der Waals surface area contributed by atoms with E-state index in [1.807, 2.05) is 24.3 Å². The van der Waals surface area contributed by atoms with Crippen LogP contribution in [0.4, 0.5) is 0 Å². The van der Waals surface area contributed by atoms with Gasteiger partial charge < -0.3 is 14.1 Å². The smallest absolute Gasteiger partial charge is 0.260 e. The molecule has 3 heterocycles. The van der Waals surface area contributed by atoms with Gasteiger partial charge in [-0.15, -0.1) is 11.3 Å². The molecule has 0 amide bonds. The summed E-state index contributed by atoms with van der Waals surface area (Å²) in [4.78, 5) is 22.1. The third-order valence-electron chi connectivity index (χ3n) is 5.23.